The summed E-state index contributed by atoms with van der Waals surface area (Å²) >= 11 is 6.89. The fourth-order valence-corrected chi connectivity index (χ4v) is 3.72. The van der Waals surface area contributed by atoms with E-state index in [0.29, 0.717) is 10.8 Å². The maximum atomic E-state index is 12.5. The second kappa shape index (κ2) is 4.89. The summed E-state index contributed by atoms with van der Waals surface area (Å²) in [5, 5.41) is 3.59. The van der Waals surface area contributed by atoms with Crippen molar-refractivity contribution in [3.63, 3.8) is 0 Å². The van der Waals surface area contributed by atoms with Gasteiger partial charge in [-0.2, -0.15) is 0 Å². The Morgan fingerprint density at radius 2 is 2.29 bits per heavy atom. The average Bonchev–Trinajstić information content (AvgIpc) is 2.97. The van der Waals surface area contributed by atoms with E-state index in [4.69, 9.17) is 12.2 Å². The molecule has 4 nitrogen and oxygen atoms in total. The Morgan fingerprint density at radius 1 is 1.43 bits per heavy atom. The van der Waals surface area contributed by atoms with E-state index in [1.807, 2.05) is 29.8 Å². The Balaban J connectivity index is 1.65. The van der Waals surface area contributed by atoms with Gasteiger partial charge in [-0.3, -0.25) is 9.69 Å². The highest BCUT2D eigenvalue weighted by molar-refractivity contribution is 7.80. The zero-order valence-corrected chi connectivity index (χ0v) is 12.8. The summed E-state index contributed by atoms with van der Waals surface area (Å²) in [6, 6.07) is 6.27. The number of rotatable bonds is 2. The number of hydrogen-bond donors (Lipinski definition) is 1. The molecule has 2 heterocycles. The van der Waals surface area contributed by atoms with Crippen LogP contribution in [0.4, 0.5) is 0 Å². The number of amides is 1. The van der Waals surface area contributed by atoms with Crippen molar-refractivity contribution < 1.29 is 4.79 Å². The predicted octanol–water partition coefficient (Wildman–Crippen LogP) is 2.91. The first-order valence-corrected chi connectivity index (χ1v) is 8.21. The number of thiocarbonyl (C=S) groups is 1. The highest BCUT2D eigenvalue weighted by atomic mass is 32.1. The molecule has 0 unspecified atom stereocenters. The van der Waals surface area contributed by atoms with Gasteiger partial charge in [-0.05, 0) is 55.3 Å². The Morgan fingerprint density at radius 3 is 3.05 bits per heavy atom. The first-order valence-electron chi connectivity index (χ1n) is 6.92. The van der Waals surface area contributed by atoms with Crippen LogP contribution in [-0.2, 0) is 4.79 Å². The van der Waals surface area contributed by atoms with Crippen molar-refractivity contribution in [1.29, 1.82) is 0 Å². The smallest absolute Gasteiger partial charge is 0.276 e. The zero-order chi connectivity index (χ0) is 14.4. The number of fused-ring (bicyclic) bond motifs is 1. The van der Waals surface area contributed by atoms with Crippen LogP contribution >= 0.6 is 23.6 Å². The Bertz CT molecular complexity index is 776. The van der Waals surface area contributed by atoms with Gasteiger partial charge < -0.3 is 5.32 Å². The van der Waals surface area contributed by atoms with Crippen molar-refractivity contribution >= 4 is 50.9 Å². The lowest BCUT2D eigenvalue weighted by atomic mass is 9.92. The van der Waals surface area contributed by atoms with Crippen LogP contribution in [0.1, 0.15) is 24.8 Å². The third-order valence-electron chi connectivity index (χ3n) is 4.02. The number of hydrogen-bond acceptors (Lipinski definition) is 4. The van der Waals surface area contributed by atoms with E-state index < -0.39 is 0 Å². The van der Waals surface area contributed by atoms with E-state index in [0.717, 1.165) is 28.6 Å². The van der Waals surface area contributed by atoms with E-state index in [2.05, 4.69) is 10.3 Å². The molecule has 106 valence electrons. The van der Waals surface area contributed by atoms with Gasteiger partial charge in [0.15, 0.2) is 5.11 Å². The first-order chi connectivity index (χ1) is 10.2. The Hall–Kier alpha value is -1.79. The summed E-state index contributed by atoms with van der Waals surface area (Å²) in [7, 11) is 0. The standard InChI is InChI=1S/C15H13N3OS2/c19-14-12(17-15(20)18(14)10-2-1-3-10)6-9-4-5-11-13(7-9)21-8-16-11/h4-8,10H,1-3H2,(H,17,20)/b12-6-. The van der Waals surface area contributed by atoms with Gasteiger partial charge in [-0.15, -0.1) is 11.3 Å². The molecule has 1 amide bonds. The molecule has 1 aromatic carbocycles. The van der Waals surface area contributed by atoms with Crippen LogP contribution in [0.15, 0.2) is 29.4 Å². The van der Waals surface area contributed by atoms with E-state index in [1.54, 1.807) is 16.2 Å². The normalized spacial score (nSPS) is 21.1. The van der Waals surface area contributed by atoms with Crippen LogP contribution in [0.5, 0.6) is 0 Å². The quantitative estimate of drug-likeness (QED) is 0.684. The number of aromatic nitrogens is 1. The van der Waals surface area contributed by atoms with Gasteiger partial charge in [-0.1, -0.05) is 6.07 Å². The SMILES string of the molecule is O=C1/C(=C/c2ccc3ncsc3c2)NC(=S)N1C1CCC1. The van der Waals surface area contributed by atoms with Gasteiger partial charge in [-0.25, -0.2) is 4.98 Å². The molecular formula is C15H13N3OS2. The third-order valence-corrected chi connectivity index (χ3v) is 5.11. The van der Waals surface area contributed by atoms with Crippen molar-refractivity contribution in [2.75, 3.05) is 0 Å². The van der Waals surface area contributed by atoms with Crippen molar-refractivity contribution in [3.05, 3.63) is 35.0 Å². The van der Waals surface area contributed by atoms with Crippen molar-refractivity contribution in [3.8, 4) is 0 Å². The van der Waals surface area contributed by atoms with Gasteiger partial charge in [0.25, 0.3) is 5.91 Å². The number of carbonyl (C=O) groups excluding carboxylic acids is 1. The fraction of sp³-hybridized carbons (Fsp3) is 0.267. The molecule has 6 heteroatoms. The molecule has 0 bridgehead atoms. The van der Waals surface area contributed by atoms with Gasteiger partial charge in [0.05, 0.1) is 15.7 Å². The lowest BCUT2D eigenvalue weighted by molar-refractivity contribution is -0.124. The second-order valence-electron chi connectivity index (χ2n) is 5.33. The van der Waals surface area contributed by atoms with Crippen molar-refractivity contribution in [2.24, 2.45) is 0 Å². The molecule has 4 rings (SSSR count). The van der Waals surface area contributed by atoms with Crippen LogP contribution in [0.3, 0.4) is 0 Å². The monoisotopic (exact) mass is 315 g/mol. The predicted molar refractivity (Wildman–Crippen MR) is 87.8 cm³/mol. The topological polar surface area (TPSA) is 45.2 Å². The molecule has 21 heavy (non-hydrogen) atoms. The van der Waals surface area contributed by atoms with Gasteiger partial charge in [0.2, 0.25) is 0 Å². The molecule has 2 aliphatic rings. The summed E-state index contributed by atoms with van der Waals surface area (Å²) < 4.78 is 1.12. The lowest BCUT2D eigenvalue weighted by Gasteiger charge is -2.33. The van der Waals surface area contributed by atoms with E-state index >= 15 is 0 Å². The minimum Gasteiger partial charge on any atom is -0.328 e. The molecule has 1 aromatic heterocycles. The largest absolute Gasteiger partial charge is 0.328 e. The summed E-state index contributed by atoms with van der Waals surface area (Å²) in [4.78, 5) is 18.5. The maximum Gasteiger partial charge on any atom is 0.276 e. The second-order valence-corrected chi connectivity index (χ2v) is 6.60. The van der Waals surface area contributed by atoms with Crippen molar-refractivity contribution in [1.82, 2.24) is 15.2 Å². The molecule has 1 saturated heterocycles. The summed E-state index contributed by atoms with van der Waals surface area (Å²) in [6.07, 6.45) is 5.14. The third kappa shape index (κ3) is 2.15. The molecule has 1 N–H and O–H groups in total. The van der Waals surface area contributed by atoms with Crippen LogP contribution in [0.2, 0.25) is 0 Å². The van der Waals surface area contributed by atoms with E-state index in [1.165, 1.54) is 6.42 Å². The maximum absolute atomic E-state index is 12.5. The average molecular weight is 315 g/mol. The number of nitrogens with zero attached hydrogens (tertiary/aromatic N) is 2. The van der Waals surface area contributed by atoms with Crippen molar-refractivity contribution in [2.45, 2.75) is 25.3 Å². The number of nitrogens with one attached hydrogen (secondary N) is 1. The number of carbonyl (C=O) groups is 1. The zero-order valence-electron chi connectivity index (χ0n) is 11.2. The Labute approximate surface area is 131 Å². The molecule has 0 atom stereocenters. The molecule has 2 fully saturated rings. The summed E-state index contributed by atoms with van der Waals surface area (Å²) in [5.41, 5.74) is 4.37. The van der Waals surface area contributed by atoms with Gasteiger partial charge >= 0.3 is 0 Å². The van der Waals surface area contributed by atoms with E-state index in [9.17, 15) is 4.79 Å². The van der Waals surface area contributed by atoms with Crippen LogP contribution in [-0.4, -0.2) is 26.9 Å². The molecule has 0 radical (unpaired) electrons. The van der Waals surface area contributed by atoms with E-state index in [-0.39, 0.29) is 11.9 Å². The van der Waals surface area contributed by atoms with Crippen LogP contribution in [0, 0.1) is 0 Å². The fourth-order valence-electron chi connectivity index (χ4n) is 2.65. The number of thiazole rings is 1. The lowest BCUT2D eigenvalue weighted by Crippen LogP contribution is -2.44. The minimum absolute atomic E-state index is 0.00546. The minimum atomic E-state index is -0.00546. The van der Waals surface area contributed by atoms with Gasteiger partial charge in [0.1, 0.15) is 5.70 Å². The first kappa shape index (κ1) is 12.9. The number of benzene rings is 1. The highest BCUT2D eigenvalue weighted by Crippen LogP contribution is 2.29. The van der Waals surface area contributed by atoms with Crippen LogP contribution in [0.25, 0.3) is 16.3 Å². The Kier molecular flexibility index (Phi) is 3.01. The molecule has 1 aliphatic heterocycles. The molecule has 0 spiro atoms. The summed E-state index contributed by atoms with van der Waals surface area (Å²) in [5.74, 6) is -0.00546. The molecule has 2 aromatic rings. The van der Waals surface area contributed by atoms with Crippen LogP contribution < -0.4 is 5.32 Å². The molecule has 1 saturated carbocycles. The summed E-state index contributed by atoms with van der Waals surface area (Å²) in [6.45, 7) is 0. The molecular weight excluding hydrogens is 302 g/mol. The molecule has 1 aliphatic carbocycles. The highest BCUT2D eigenvalue weighted by Gasteiger charge is 2.38. The van der Waals surface area contributed by atoms with Gasteiger partial charge in [0, 0.05) is 6.04 Å².